The summed E-state index contributed by atoms with van der Waals surface area (Å²) in [6.45, 7) is 0.114. The Hall–Kier alpha value is -1.68. The van der Waals surface area contributed by atoms with Gasteiger partial charge in [-0.1, -0.05) is 0 Å². The van der Waals surface area contributed by atoms with Gasteiger partial charge in [-0.2, -0.15) is 0 Å². The molecule has 6 saturated carbocycles. The van der Waals surface area contributed by atoms with Crippen LogP contribution in [0.15, 0.2) is 4.42 Å². The summed E-state index contributed by atoms with van der Waals surface area (Å²) in [5.41, 5.74) is 0.169. The maximum Gasteiger partial charge on any atom is 0.522 e. The third kappa shape index (κ3) is 3.14. The van der Waals surface area contributed by atoms with Gasteiger partial charge in [-0.15, -0.1) is 23.4 Å². The van der Waals surface area contributed by atoms with E-state index in [1.807, 2.05) is 0 Å². The molecule has 0 unspecified atom stereocenters. The average molecular weight is 427 g/mol. The Morgan fingerprint density at radius 2 is 1.83 bits per heavy atom. The van der Waals surface area contributed by atoms with E-state index in [0.717, 1.165) is 32.1 Å². The number of hydrogen-bond acceptors (Lipinski definition) is 6. The minimum atomic E-state index is -4.61. The molecule has 0 aromatic carbocycles. The first kappa shape index (κ1) is 19.0. The van der Waals surface area contributed by atoms with Crippen LogP contribution in [-0.4, -0.2) is 46.8 Å². The second kappa shape index (κ2) is 5.97. The monoisotopic (exact) mass is 427 g/mol. The first-order chi connectivity index (χ1) is 14.2. The average Bonchev–Trinajstić information content (AvgIpc) is 3.19. The van der Waals surface area contributed by atoms with Gasteiger partial charge >= 0.3 is 6.36 Å². The maximum atomic E-state index is 12.2. The fourth-order valence-electron chi connectivity index (χ4n) is 5.95. The number of hydrogen-bond donors (Lipinski definition) is 1. The van der Waals surface area contributed by atoms with Crippen molar-refractivity contribution < 1.29 is 31.9 Å². The van der Waals surface area contributed by atoms with Crippen molar-refractivity contribution in [2.75, 3.05) is 6.61 Å². The molecular formula is C20H24F3N3O4. The molecule has 1 N–H and O–H groups in total. The van der Waals surface area contributed by atoms with Crippen molar-refractivity contribution in [3.63, 3.8) is 0 Å². The third-order valence-corrected chi connectivity index (χ3v) is 7.80. The summed E-state index contributed by atoms with van der Waals surface area (Å²) in [7, 11) is 0. The summed E-state index contributed by atoms with van der Waals surface area (Å²) in [6, 6.07) is 0. The summed E-state index contributed by atoms with van der Waals surface area (Å²) in [4.78, 5) is 12.2. The number of carbonyl (C=O) groups is 1. The Morgan fingerprint density at radius 3 is 2.47 bits per heavy atom. The zero-order valence-corrected chi connectivity index (χ0v) is 16.5. The van der Waals surface area contributed by atoms with Crippen LogP contribution >= 0.6 is 0 Å². The van der Waals surface area contributed by atoms with E-state index in [2.05, 4.69) is 20.3 Å². The summed E-state index contributed by atoms with van der Waals surface area (Å²) < 4.78 is 52.2. The van der Waals surface area contributed by atoms with Crippen LogP contribution in [0, 0.1) is 5.41 Å². The SMILES string of the molecule is O=C(COC1CC2(CC2)C1)NC12CC(c3nnc(C4CC(OC(F)(F)F)C4)o3)(C1)C2. The van der Waals surface area contributed by atoms with Crippen LogP contribution in [0.1, 0.15) is 75.5 Å². The van der Waals surface area contributed by atoms with E-state index < -0.39 is 12.5 Å². The van der Waals surface area contributed by atoms with Crippen molar-refractivity contribution in [3.8, 4) is 0 Å². The molecular weight excluding hydrogens is 403 g/mol. The number of alkyl halides is 3. The first-order valence-electron chi connectivity index (χ1n) is 10.7. The van der Waals surface area contributed by atoms with E-state index in [1.54, 1.807) is 0 Å². The van der Waals surface area contributed by atoms with Crippen molar-refractivity contribution in [1.82, 2.24) is 15.5 Å². The molecule has 1 amide bonds. The van der Waals surface area contributed by atoms with Gasteiger partial charge in [0.25, 0.3) is 0 Å². The van der Waals surface area contributed by atoms with E-state index in [-0.39, 0.29) is 48.3 Å². The molecule has 0 saturated heterocycles. The lowest BCUT2D eigenvalue weighted by atomic mass is 9.39. The van der Waals surface area contributed by atoms with Crippen molar-refractivity contribution >= 4 is 5.91 Å². The number of nitrogens with one attached hydrogen (secondary N) is 1. The van der Waals surface area contributed by atoms with E-state index >= 15 is 0 Å². The molecule has 6 fully saturated rings. The van der Waals surface area contributed by atoms with Crippen molar-refractivity contribution in [3.05, 3.63) is 11.8 Å². The van der Waals surface area contributed by atoms with Crippen molar-refractivity contribution in [2.24, 2.45) is 5.41 Å². The van der Waals surface area contributed by atoms with E-state index in [4.69, 9.17) is 9.15 Å². The van der Waals surface area contributed by atoms with Gasteiger partial charge in [-0.3, -0.25) is 9.53 Å². The van der Waals surface area contributed by atoms with E-state index in [0.29, 0.717) is 17.2 Å². The van der Waals surface area contributed by atoms with Crippen LogP contribution < -0.4 is 5.32 Å². The molecule has 1 heterocycles. The molecule has 10 heteroatoms. The summed E-state index contributed by atoms with van der Waals surface area (Å²) >= 11 is 0. The predicted molar refractivity (Wildman–Crippen MR) is 94.2 cm³/mol. The topological polar surface area (TPSA) is 86.5 Å². The van der Waals surface area contributed by atoms with Gasteiger partial charge in [0.1, 0.15) is 6.61 Å². The third-order valence-electron chi connectivity index (χ3n) is 7.80. The minimum Gasteiger partial charge on any atom is -0.424 e. The molecule has 0 radical (unpaired) electrons. The number of rotatable bonds is 7. The van der Waals surface area contributed by atoms with Gasteiger partial charge in [-0.05, 0) is 63.2 Å². The second-order valence-corrected chi connectivity index (χ2v) is 10.3. The standard InChI is InChI=1S/C20H24F3N3O4/c21-20(22,23)30-12-3-11(4-12)15-25-26-16(29-15)18-8-19(9-18,10-18)24-14(27)7-28-13-5-17(6-13)1-2-17/h11-13H,1-10H2,(H,24,27). The summed E-state index contributed by atoms with van der Waals surface area (Å²) in [5, 5.41) is 11.3. The van der Waals surface area contributed by atoms with Crippen molar-refractivity contribution in [1.29, 1.82) is 0 Å². The normalized spacial score (nSPS) is 38.2. The van der Waals surface area contributed by atoms with Gasteiger partial charge in [-0.25, -0.2) is 0 Å². The van der Waals surface area contributed by atoms with E-state index in [1.165, 1.54) is 12.8 Å². The molecule has 0 aliphatic heterocycles. The largest absolute Gasteiger partial charge is 0.522 e. The van der Waals surface area contributed by atoms with Gasteiger partial charge in [0, 0.05) is 11.5 Å². The Bertz CT molecular complexity index is 847. The van der Waals surface area contributed by atoms with Gasteiger partial charge in [0.15, 0.2) is 0 Å². The van der Waals surface area contributed by atoms with Crippen LogP contribution in [0.3, 0.4) is 0 Å². The Morgan fingerprint density at radius 1 is 1.13 bits per heavy atom. The fraction of sp³-hybridized carbons (Fsp3) is 0.850. The highest BCUT2D eigenvalue weighted by atomic mass is 19.4. The molecule has 7 rings (SSSR count). The fourth-order valence-corrected chi connectivity index (χ4v) is 5.95. The molecule has 0 atom stereocenters. The van der Waals surface area contributed by atoms with Gasteiger partial charge in [0.05, 0.1) is 17.6 Å². The smallest absolute Gasteiger partial charge is 0.424 e. The number of aromatic nitrogens is 2. The van der Waals surface area contributed by atoms with Crippen LogP contribution in [0.25, 0.3) is 0 Å². The highest BCUT2D eigenvalue weighted by molar-refractivity contribution is 5.79. The van der Waals surface area contributed by atoms with Crippen LogP contribution in [0.2, 0.25) is 0 Å². The van der Waals surface area contributed by atoms with Crippen molar-refractivity contribution in [2.45, 2.75) is 93.2 Å². The molecule has 1 aromatic heterocycles. The number of ether oxygens (including phenoxy) is 2. The lowest BCUT2D eigenvalue weighted by molar-refractivity contribution is -0.352. The number of amides is 1. The Kier molecular flexibility index (Phi) is 3.79. The zero-order chi connectivity index (χ0) is 20.8. The highest BCUT2D eigenvalue weighted by Crippen LogP contribution is 2.67. The second-order valence-electron chi connectivity index (χ2n) is 10.3. The molecule has 164 valence electrons. The van der Waals surface area contributed by atoms with Crippen LogP contribution in [-0.2, 0) is 19.7 Å². The molecule has 1 spiro atoms. The Balaban J connectivity index is 0.952. The number of nitrogens with zero attached hydrogens (tertiary/aromatic N) is 2. The molecule has 7 nitrogen and oxygen atoms in total. The zero-order valence-electron chi connectivity index (χ0n) is 16.5. The first-order valence-corrected chi connectivity index (χ1v) is 10.7. The Labute approximate surface area is 171 Å². The lowest BCUT2D eigenvalue weighted by Gasteiger charge is -2.68. The summed E-state index contributed by atoms with van der Waals surface area (Å²) in [5.74, 6) is 0.668. The summed E-state index contributed by atoms with van der Waals surface area (Å²) in [6.07, 6.45) is 2.33. The number of halogens is 3. The van der Waals surface area contributed by atoms with E-state index in [9.17, 15) is 18.0 Å². The molecule has 1 aromatic rings. The lowest BCUT2D eigenvalue weighted by Crippen LogP contribution is -2.77. The van der Waals surface area contributed by atoms with Gasteiger partial charge < -0.3 is 14.5 Å². The quantitative estimate of drug-likeness (QED) is 0.720. The maximum absolute atomic E-state index is 12.2. The molecule has 6 aliphatic rings. The molecule has 30 heavy (non-hydrogen) atoms. The van der Waals surface area contributed by atoms with Crippen LogP contribution in [0.4, 0.5) is 13.2 Å². The van der Waals surface area contributed by atoms with Gasteiger partial charge in [0.2, 0.25) is 17.7 Å². The minimum absolute atomic E-state index is 0.0727. The number of carbonyl (C=O) groups excluding carboxylic acids is 1. The predicted octanol–water partition coefficient (Wildman–Crippen LogP) is 3.10. The highest BCUT2D eigenvalue weighted by Gasteiger charge is 2.72. The molecule has 6 aliphatic carbocycles. The van der Waals surface area contributed by atoms with Crippen LogP contribution in [0.5, 0.6) is 0 Å². The molecule has 2 bridgehead atoms.